The van der Waals surface area contributed by atoms with E-state index in [1.165, 1.54) is 11.1 Å². The maximum Gasteiger partial charge on any atom is 0.191 e. The summed E-state index contributed by atoms with van der Waals surface area (Å²) in [5, 5.41) is 11.0. The number of nitrogens with zero attached hydrogens (tertiary/aromatic N) is 4. The van der Waals surface area contributed by atoms with Gasteiger partial charge >= 0.3 is 0 Å². The molecule has 0 bridgehead atoms. The van der Waals surface area contributed by atoms with Gasteiger partial charge in [0.2, 0.25) is 0 Å². The van der Waals surface area contributed by atoms with Crippen molar-refractivity contribution in [3.8, 4) is 0 Å². The minimum absolute atomic E-state index is 0. The van der Waals surface area contributed by atoms with E-state index in [0.29, 0.717) is 13.1 Å². The zero-order valence-corrected chi connectivity index (χ0v) is 18.6. The van der Waals surface area contributed by atoms with Crippen LogP contribution in [0.2, 0.25) is 0 Å². The van der Waals surface area contributed by atoms with Crippen LogP contribution >= 0.6 is 24.0 Å². The van der Waals surface area contributed by atoms with Crippen molar-refractivity contribution in [2.75, 3.05) is 6.54 Å². The van der Waals surface area contributed by atoms with Crippen LogP contribution in [0.4, 0.5) is 0 Å². The fourth-order valence-corrected chi connectivity index (χ4v) is 2.81. The molecule has 0 unspecified atom stereocenters. The Morgan fingerprint density at radius 3 is 2.57 bits per heavy atom. The van der Waals surface area contributed by atoms with Crippen molar-refractivity contribution in [2.45, 2.75) is 33.5 Å². The molecule has 148 valence electrons. The first kappa shape index (κ1) is 21.9. The second kappa shape index (κ2) is 11.4. The molecular formula is C21H27IN6. The second-order valence-corrected chi connectivity index (χ2v) is 6.29. The summed E-state index contributed by atoms with van der Waals surface area (Å²) in [6.07, 6.45) is 3.77. The summed E-state index contributed by atoms with van der Waals surface area (Å²) in [5.41, 5.74) is 4.43. The Kier molecular flexibility index (Phi) is 8.93. The van der Waals surface area contributed by atoms with Crippen LogP contribution in [0.5, 0.6) is 0 Å². The van der Waals surface area contributed by atoms with E-state index in [1.807, 2.05) is 42.1 Å². The van der Waals surface area contributed by atoms with Crippen LogP contribution in [-0.2, 0) is 19.6 Å². The lowest BCUT2D eigenvalue weighted by molar-refractivity contribution is 0.680. The molecule has 28 heavy (non-hydrogen) atoms. The number of aromatic nitrogens is 3. The van der Waals surface area contributed by atoms with Gasteiger partial charge in [0.15, 0.2) is 5.96 Å². The molecule has 6 nitrogen and oxygen atoms in total. The number of pyridine rings is 1. The van der Waals surface area contributed by atoms with E-state index in [-0.39, 0.29) is 24.0 Å². The van der Waals surface area contributed by atoms with Crippen molar-refractivity contribution in [1.29, 1.82) is 0 Å². The fraction of sp³-hybridized carbons (Fsp3) is 0.286. The van der Waals surface area contributed by atoms with Gasteiger partial charge in [-0.05, 0) is 43.2 Å². The molecule has 2 N–H and O–H groups in total. The van der Waals surface area contributed by atoms with Crippen molar-refractivity contribution in [1.82, 2.24) is 25.4 Å². The Morgan fingerprint density at radius 1 is 1.04 bits per heavy atom. The fourth-order valence-electron chi connectivity index (χ4n) is 2.81. The molecule has 0 aliphatic carbocycles. The standard InChI is InChI=1S/C21H26N6.HI/c1-3-22-21(24-15-20-11-6-8-17(2)26-20)23-14-18-9-4-5-10-19(18)16-27-13-7-12-25-27;/h4-13H,3,14-16H2,1-2H3,(H2,22,23,24);1H. The molecule has 2 aromatic heterocycles. The Bertz CT molecular complexity index is 876. The van der Waals surface area contributed by atoms with E-state index in [9.17, 15) is 0 Å². The molecule has 0 fully saturated rings. The molecule has 1 aromatic carbocycles. The summed E-state index contributed by atoms with van der Waals surface area (Å²) >= 11 is 0. The topological polar surface area (TPSA) is 67.1 Å². The normalized spacial score (nSPS) is 11.0. The molecule has 0 saturated heterocycles. The lowest BCUT2D eigenvalue weighted by atomic mass is 10.1. The van der Waals surface area contributed by atoms with E-state index >= 15 is 0 Å². The van der Waals surface area contributed by atoms with Crippen molar-refractivity contribution in [3.63, 3.8) is 0 Å². The molecule has 0 spiro atoms. The van der Waals surface area contributed by atoms with Gasteiger partial charge in [-0.3, -0.25) is 9.67 Å². The van der Waals surface area contributed by atoms with Crippen LogP contribution in [0, 0.1) is 6.92 Å². The first-order valence-electron chi connectivity index (χ1n) is 9.23. The third kappa shape index (κ3) is 6.63. The Morgan fingerprint density at radius 2 is 1.86 bits per heavy atom. The van der Waals surface area contributed by atoms with Crippen LogP contribution in [0.25, 0.3) is 0 Å². The lowest BCUT2D eigenvalue weighted by Gasteiger charge is -2.12. The summed E-state index contributed by atoms with van der Waals surface area (Å²) < 4.78 is 1.93. The molecule has 0 aliphatic heterocycles. The number of aryl methyl sites for hydroxylation is 1. The maximum absolute atomic E-state index is 4.75. The number of hydrogen-bond acceptors (Lipinski definition) is 3. The van der Waals surface area contributed by atoms with Gasteiger partial charge in [-0.1, -0.05) is 30.3 Å². The highest BCUT2D eigenvalue weighted by molar-refractivity contribution is 14.0. The molecule has 2 heterocycles. The molecule has 0 aliphatic rings. The van der Waals surface area contributed by atoms with E-state index in [4.69, 9.17) is 4.99 Å². The molecule has 3 rings (SSSR count). The number of aliphatic imine (C=N–C) groups is 1. The summed E-state index contributed by atoms with van der Waals surface area (Å²) in [4.78, 5) is 9.27. The number of hydrogen-bond donors (Lipinski definition) is 2. The first-order valence-corrected chi connectivity index (χ1v) is 9.23. The number of rotatable bonds is 7. The van der Waals surface area contributed by atoms with Gasteiger partial charge in [0.1, 0.15) is 0 Å². The lowest BCUT2D eigenvalue weighted by Crippen LogP contribution is -2.37. The van der Waals surface area contributed by atoms with Crippen LogP contribution in [0.1, 0.15) is 29.4 Å². The Hall–Kier alpha value is -2.42. The number of halogens is 1. The van der Waals surface area contributed by atoms with E-state index in [0.717, 1.165) is 30.4 Å². The van der Waals surface area contributed by atoms with E-state index in [2.05, 4.69) is 51.9 Å². The zero-order chi connectivity index (χ0) is 18.9. The Labute approximate surface area is 183 Å². The SMILES string of the molecule is CCNC(=NCc1ccccc1Cn1cccn1)NCc1cccc(C)n1.I. The van der Waals surface area contributed by atoms with Crippen LogP contribution in [-0.4, -0.2) is 27.3 Å². The minimum Gasteiger partial charge on any atom is -0.357 e. The average molecular weight is 490 g/mol. The molecule has 3 aromatic rings. The monoisotopic (exact) mass is 490 g/mol. The van der Waals surface area contributed by atoms with E-state index < -0.39 is 0 Å². The highest BCUT2D eigenvalue weighted by Gasteiger charge is 2.04. The van der Waals surface area contributed by atoms with Gasteiger partial charge in [-0.2, -0.15) is 5.10 Å². The molecule has 0 amide bonds. The number of nitrogens with one attached hydrogen (secondary N) is 2. The van der Waals surface area contributed by atoms with Crippen molar-refractivity contribution in [2.24, 2.45) is 4.99 Å². The van der Waals surface area contributed by atoms with Crippen LogP contribution in [0.3, 0.4) is 0 Å². The predicted octanol–water partition coefficient (Wildman–Crippen LogP) is 3.51. The first-order chi connectivity index (χ1) is 13.2. The van der Waals surface area contributed by atoms with Gasteiger partial charge in [0.05, 0.1) is 25.3 Å². The second-order valence-electron chi connectivity index (χ2n) is 6.29. The number of guanidine groups is 1. The number of benzene rings is 1. The quantitative estimate of drug-likeness (QED) is 0.302. The van der Waals surface area contributed by atoms with Gasteiger partial charge in [-0.25, -0.2) is 4.99 Å². The third-order valence-electron chi connectivity index (χ3n) is 4.14. The van der Waals surface area contributed by atoms with Crippen molar-refractivity contribution < 1.29 is 0 Å². The molecular weight excluding hydrogens is 463 g/mol. The van der Waals surface area contributed by atoms with E-state index in [1.54, 1.807) is 6.20 Å². The van der Waals surface area contributed by atoms with Crippen LogP contribution in [0.15, 0.2) is 65.9 Å². The van der Waals surface area contributed by atoms with Crippen LogP contribution < -0.4 is 10.6 Å². The van der Waals surface area contributed by atoms with Crippen molar-refractivity contribution >= 4 is 29.9 Å². The van der Waals surface area contributed by atoms with Gasteiger partial charge in [0, 0.05) is 24.6 Å². The summed E-state index contributed by atoms with van der Waals surface area (Å²) in [5.74, 6) is 0.787. The predicted molar refractivity (Wildman–Crippen MR) is 124 cm³/mol. The highest BCUT2D eigenvalue weighted by Crippen LogP contribution is 2.11. The maximum atomic E-state index is 4.75. The summed E-state index contributed by atoms with van der Waals surface area (Å²) in [6.45, 7) is 6.86. The average Bonchev–Trinajstić information content (AvgIpc) is 3.18. The zero-order valence-electron chi connectivity index (χ0n) is 16.3. The summed E-state index contributed by atoms with van der Waals surface area (Å²) in [7, 11) is 0. The largest absolute Gasteiger partial charge is 0.357 e. The summed E-state index contributed by atoms with van der Waals surface area (Å²) in [6, 6.07) is 16.3. The molecule has 0 radical (unpaired) electrons. The smallest absolute Gasteiger partial charge is 0.191 e. The van der Waals surface area contributed by atoms with Crippen molar-refractivity contribution in [3.05, 3.63) is 83.4 Å². The molecule has 0 saturated carbocycles. The van der Waals surface area contributed by atoms with Gasteiger partial charge in [0.25, 0.3) is 0 Å². The third-order valence-corrected chi connectivity index (χ3v) is 4.14. The molecule has 7 heteroatoms. The highest BCUT2D eigenvalue weighted by atomic mass is 127. The molecule has 0 atom stereocenters. The Balaban J connectivity index is 0.00000280. The minimum atomic E-state index is 0. The van der Waals surface area contributed by atoms with Gasteiger partial charge in [-0.15, -0.1) is 24.0 Å². The van der Waals surface area contributed by atoms with Gasteiger partial charge < -0.3 is 10.6 Å².